The van der Waals surface area contributed by atoms with Crippen molar-refractivity contribution in [1.29, 1.82) is 0 Å². The molecule has 0 unspecified atom stereocenters. The minimum absolute atomic E-state index is 0.279. The van der Waals surface area contributed by atoms with Gasteiger partial charge in [0.05, 0.1) is 4.90 Å². The van der Waals surface area contributed by atoms with Crippen LogP contribution in [0.3, 0.4) is 0 Å². The van der Waals surface area contributed by atoms with Crippen LogP contribution in [0.25, 0.3) is 10.8 Å². The van der Waals surface area contributed by atoms with Crippen molar-refractivity contribution in [3.63, 3.8) is 0 Å². The molecule has 0 aliphatic carbocycles. The van der Waals surface area contributed by atoms with Crippen LogP contribution in [0.5, 0.6) is 5.75 Å². The maximum atomic E-state index is 11.1. The average molecular weight is 297 g/mol. The largest absolute Gasteiger partial charge is 0.507 e. The molecule has 0 radical (unpaired) electrons. The number of hydrogen-bond donors (Lipinski definition) is 4. The normalized spacial score (nSPS) is 11.4. The van der Waals surface area contributed by atoms with E-state index in [1.54, 1.807) is 12.1 Å². The second-order valence-corrected chi connectivity index (χ2v) is 5.49. The molecule has 4 N–H and O–H groups in total. The summed E-state index contributed by atoms with van der Waals surface area (Å²) in [4.78, 5) is 10.1. The topological polar surface area (TPSA) is 124 Å². The molecule has 0 amide bonds. The van der Waals surface area contributed by atoms with E-state index >= 15 is 0 Å². The maximum absolute atomic E-state index is 11.1. The lowest BCUT2D eigenvalue weighted by molar-refractivity contribution is -0.134. The molecule has 2 rings (SSSR count). The molecule has 7 nitrogen and oxygen atoms in total. The van der Waals surface area contributed by atoms with E-state index in [-0.39, 0.29) is 17.7 Å². The van der Waals surface area contributed by atoms with Crippen LogP contribution in [0.2, 0.25) is 0 Å². The van der Waals surface area contributed by atoms with Crippen molar-refractivity contribution >= 4 is 32.5 Å². The molecule has 0 fully saturated rings. The van der Waals surface area contributed by atoms with E-state index in [1.165, 1.54) is 12.1 Å². The first-order valence-electron chi connectivity index (χ1n) is 5.48. The zero-order chi connectivity index (χ0) is 14.9. The number of hydrogen-bond acceptors (Lipinski definition) is 5. The molecule has 0 heterocycles. The first-order valence-corrected chi connectivity index (χ1v) is 6.92. The number of benzene rings is 2. The van der Waals surface area contributed by atoms with Crippen molar-refractivity contribution in [2.45, 2.75) is 4.90 Å². The van der Waals surface area contributed by atoms with E-state index in [0.29, 0.717) is 11.1 Å². The number of phenols is 1. The summed E-state index contributed by atoms with van der Waals surface area (Å²) in [6, 6.07) is 6.76. The molecule has 0 bridgehead atoms. The minimum Gasteiger partial charge on any atom is -0.507 e. The van der Waals surface area contributed by atoms with Crippen LogP contribution in [-0.2, 0) is 14.9 Å². The molecular weight excluding hydrogens is 286 g/mol. The summed E-state index contributed by atoms with van der Waals surface area (Å²) in [5.74, 6) is -1.44. The van der Waals surface area contributed by atoms with Crippen LogP contribution < -0.4 is 5.32 Å². The highest BCUT2D eigenvalue weighted by Gasteiger charge is 2.15. The Morgan fingerprint density at radius 3 is 2.55 bits per heavy atom. The van der Waals surface area contributed by atoms with Gasteiger partial charge in [-0.2, -0.15) is 8.42 Å². The molecule has 0 aromatic heterocycles. The Kier molecular flexibility index (Phi) is 3.51. The van der Waals surface area contributed by atoms with Crippen molar-refractivity contribution in [2.24, 2.45) is 0 Å². The Hall–Kier alpha value is -2.32. The van der Waals surface area contributed by atoms with Crippen molar-refractivity contribution in [3.8, 4) is 5.75 Å². The lowest BCUT2D eigenvalue weighted by Crippen LogP contribution is -2.12. The second-order valence-electron chi connectivity index (χ2n) is 4.07. The number of carboxylic acids is 1. The summed E-state index contributed by atoms with van der Waals surface area (Å²) in [5.41, 5.74) is 0.351. The standard InChI is InChI=1S/C12H11NO6S/c14-10-5-8(20(17,18)19)4-7-2-1-3-9(12(7)10)13-6-11(15)16/h1-5,13-14H,6H2,(H,15,16)(H,17,18,19). The molecule has 2 aromatic carbocycles. The van der Waals surface area contributed by atoms with Gasteiger partial charge in [-0.25, -0.2) is 0 Å². The van der Waals surface area contributed by atoms with Gasteiger partial charge < -0.3 is 15.5 Å². The van der Waals surface area contributed by atoms with Gasteiger partial charge in [0.2, 0.25) is 0 Å². The van der Waals surface area contributed by atoms with Gasteiger partial charge in [0.1, 0.15) is 12.3 Å². The number of aliphatic carboxylic acids is 1. The van der Waals surface area contributed by atoms with Gasteiger partial charge in [0.25, 0.3) is 10.1 Å². The highest BCUT2D eigenvalue weighted by Crippen LogP contribution is 2.34. The van der Waals surface area contributed by atoms with E-state index in [4.69, 9.17) is 9.66 Å². The number of anilines is 1. The first kappa shape index (κ1) is 14.1. The summed E-state index contributed by atoms with van der Waals surface area (Å²) in [7, 11) is -4.43. The van der Waals surface area contributed by atoms with E-state index in [9.17, 15) is 18.3 Å². The highest BCUT2D eigenvalue weighted by molar-refractivity contribution is 7.85. The van der Waals surface area contributed by atoms with Gasteiger partial charge in [-0.3, -0.25) is 9.35 Å². The smallest absolute Gasteiger partial charge is 0.322 e. The number of carbonyl (C=O) groups is 1. The number of carboxylic acid groups (broad SMARTS) is 1. The third-order valence-corrected chi connectivity index (χ3v) is 3.49. The molecule has 0 atom stereocenters. The monoisotopic (exact) mass is 297 g/mol. The van der Waals surface area contributed by atoms with Crippen LogP contribution in [0, 0.1) is 0 Å². The third-order valence-electron chi connectivity index (χ3n) is 2.66. The van der Waals surface area contributed by atoms with Gasteiger partial charge in [0.15, 0.2) is 0 Å². The van der Waals surface area contributed by atoms with E-state index in [0.717, 1.165) is 6.07 Å². The van der Waals surface area contributed by atoms with Crippen LogP contribution >= 0.6 is 0 Å². The number of aromatic hydroxyl groups is 1. The van der Waals surface area contributed by atoms with Crippen LogP contribution in [0.1, 0.15) is 0 Å². The zero-order valence-corrected chi connectivity index (χ0v) is 10.9. The molecule has 20 heavy (non-hydrogen) atoms. The predicted octanol–water partition coefficient (Wildman–Crippen LogP) is 1.29. The fourth-order valence-corrected chi connectivity index (χ4v) is 2.38. The summed E-state index contributed by atoms with van der Waals surface area (Å²) >= 11 is 0. The summed E-state index contributed by atoms with van der Waals surface area (Å²) in [6.07, 6.45) is 0. The highest BCUT2D eigenvalue weighted by atomic mass is 32.2. The molecule has 8 heteroatoms. The number of fused-ring (bicyclic) bond motifs is 1. The SMILES string of the molecule is O=C(O)CNc1cccc2cc(S(=O)(=O)O)cc(O)c12. The Bertz CT molecular complexity index is 784. The second kappa shape index (κ2) is 4.99. The van der Waals surface area contributed by atoms with Crippen LogP contribution in [-0.4, -0.2) is 35.7 Å². The molecule has 0 aliphatic rings. The molecule has 0 spiro atoms. The van der Waals surface area contributed by atoms with Crippen molar-refractivity contribution in [3.05, 3.63) is 30.3 Å². The third kappa shape index (κ3) is 2.81. The van der Waals surface area contributed by atoms with Crippen LogP contribution in [0.4, 0.5) is 5.69 Å². The Balaban J connectivity index is 2.62. The lowest BCUT2D eigenvalue weighted by atomic mass is 10.1. The lowest BCUT2D eigenvalue weighted by Gasteiger charge is -2.10. The molecule has 106 valence electrons. The Labute approximate surface area is 114 Å². The van der Waals surface area contributed by atoms with Crippen molar-refractivity contribution < 1.29 is 28.0 Å². The van der Waals surface area contributed by atoms with Crippen LogP contribution in [0.15, 0.2) is 35.2 Å². The number of phenolic OH excluding ortho intramolecular Hbond substituents is 1. The summed E-state index contributed by atoms with van der Waals surface area (Å²) in [5, 5.41) is 21.8. The van der Waals surface area contributed by atoms with Crippen molar-refractivity contribution in [1.82, 2.24) is 0 Å². The van der Waals surface area contributed by atoms with Gasteiger partial charge in [-0.1, -0.05) is 12.1 Å². The Morgan fingerprint density at radius 2 is 1.95 bits per heavy atom. The van der Waals surface area contributed by atoms with Gasteiger partial charge in [-0.15, -0.1) is 0 Å². The Morgan fingerprint density at radius 1 is 1.25 bits per heavy atom. The maximum Gasteiger partial charge on any atom is 0.322 e. The van der Waals surface area contributed by atoms with E-state index < -0.39 is 21.0 Å². The summed E-state index contributed by atoms with van der Waals surface area (Å²) < 4.78 is 31.1. The molecule has 0 saturated heterocycles. The quantitative estimate of drug-likeness (QED) is 0.627. The average Bonchev–Trinajstić information content (AvgIpc) is 2.34. The molecule has 0 aliphatic heterocycles. The molecule has 2 aromatic rings. The zero-order valence-electron chi connectivity index (χ0n) is 10.1. The molecule has 0 saturated carbocycles. The summed E-state index contributed by atoms with van der Waals surface area (Å²) in [6.45, 7) is -0.349. The number of nitrogens with one attached hydrogen (secondary N) is 1. The van der Waals surface area contributed by atoms with Gasteiger partial charge in [0, 0.05) is 17.1 Å². The fraction of sp³-hybridized carbons (Fsp3) is 0.0833. The number of rotatable bonds is 4. The van der Waals surface area contributed by atoms with Gasteiger partial charge >= 0.3 is 5.97 Å². The van der Waals surface area contributed by atoms with E-state index in [1.807, 2.05) is 0 Å². The molecular formula is C12H11NO6S. The van der Waals surface area contributed by atoms with Gasteiger partial charge in [-0.05, 0) is 17.5 Å². The minimum atomic E-state index is -4.43. The predicted molar refractivity (Wildman–Crippen MR) is 71.6 cm³/mol. The van der Waals surface area contributed by atoms with Crippen molar-refractivity contribution in [2.75, 3.05) is 11.9 Å². The first-order chi connectivity index (χ1) is 9.29. The fourth-order valence-electron chi connectivity index (χ4n) is 1.85. The van der Waals surface area contributed by atoms with E-state index in [2.05, 4.69) is 5.32 Å².